The summed E-state index contributed by atoms with van der Waals surface area (Å²) < 4.78 is 5.13. The number of pyridine rings is 1. The number of hydrogen-bond acceptors (Lipinski definition) is 3. The maximum atomic E-state index is 13.0. The Morgan fingerprint density at radius 1 is 1.19 bits per heavy atom. The van der Waals surface area contributed by atoms with E-state index in [2.05, 4.69) is 4.98 Å². The van der Waals surface area contributed by atoms with Crippen LogP contribution in [0.1, 0.15) is 21.5 Å². The van der Waals surface area contributed by atoms with Gasteiger partial charge in [-0.05, 0) is 36.1 Å². The van der Waals surface area contributed by atoms with Crippen LogP contribution < -0.4 is 5.56 Å². The number of carbonyl (C=O) groups is 1. The van der Waals surface area contributed by atoms with E-state index >= 15 is 0 Å². The van der Waals surface area contributed by atoms with Crippen LogP contribution in [-0.4, -0.2) is 36.1 Å². The molecule has 1 N–H and O–H groups in total. The molecule has 0 aliphatic carbocycles. The molecule has 0 unspecified atom stereocenters. The fourth-order valence-electron chi connectivity index (χ4n) is 3.01. The van der Waals surface area contributed by atoms with Gasteiger partial charge in [0, 0.05) is 19.2 Å². The van der Waals surface area contributed by atoms with Crippen molar-refractivity contribution in [1.82, 2.24) is 9.88 Å². The fraction of sp³-hybridized carbons (Fsp3) is 0.238. The van der Waals surface area contributed by atoms with E-state index in [-0.39, 0.29) is 18.0 Å². The number of aromatic nitrogens is 1. The summed E-state index contributed by atoms with van der Waals surface area (Å²) in [6.07, 6.45) is 0. The van der Waals surface area contributed by atoms with E-state index in [9.17, 15) is 9.59 Å². The largest absolute Gasteiger partial charge is 0.383 e. The van der Waals surface area contributed by atoms with Gasteiger partial charge in [0.25, 0.3) is 11.5 Å². The molecule has 3 rings (SSSR count). The molecule has 0 saturated carbocycles. The van der Waals surface area contributed by atoms with Gasteiger partial charge in [-0.2, -0.15) is 0 Å². The van der Waals surface area contributed by atoms with Gasteiger partial charge in [0.05, 0.1) is 29.3 Å². The lowest BCUT2D eigenvalue weighted by Gasteiger charge is -2.23. The summed E-state index contributed by atoms with van der Waals surface area (Å²) in [7, 11) is 1.57. The highest BCUT2D eigenvalue weighted by atomic mass is 35.5. The molecule has 0 saturated heterocycles. The third-order valence-electron chi connectivity index (χ3n) is 4.48. The van der Waals surface area contributed by atoms with Gasteiger partial charge in [0.1, 0.15) is 0 Å². The van der Waals surface area contributed by atoms with Gasteiger partial charge >= 0.3 is 0 Å². The van der Waals surface area contributed by atoms with Crippen LogP contribution in [-0.2, 0) is 11.3 Å². The summed E-state index contributed by atoms with van der Waals surface area (Å²) in [4.78, 5) is 30.1. The Labute approximate surface area is 162 Å². The number of H-pyrrole nitrogens is 1. The summed E-state index contributed by atoms with van der Waals surface area (Å²) in [5.74, 6) is -0.235. The smallest absolute Gasteiger partial charge is 0.255 e. The molecule has 1 aromatic heterocycles. The van der Waals surface area contributed by atoms with Crippen LogP contribution >= 0.6 is 11.6 Å². The Morgan fingerprint density at radius 2 is 1.96 bits per heavy atom. The van der Waals surface area contributed by atoms with Crippen molar-refractivity contribution in [1.29, 1.82) is 0 Å². The van der Waals surface area contributed by atoms with Crippen LogP contribution in [0.3, 0.4) is 0 Å². The first kappa shape index (κ1) is 19.1. The number of fused-ring (bicyclic) bond motifs is 1. The molecule has 27 heavy (non-hydrogen) atoms. The Kier molecular flexibility index (Phi) is 5.94. The number of aromatic amines is 1. The number of nitrogens with zero attached hydrogens (tertiary/aromatic N) is 1. The van der Waals surface area contributed by atoms with Crippen molar-refractivity contribution in [2.75, 3.05) is 20.3 Å². The van der Waals surface area contributed by atoms with E-state index in [1.54, 1.807) is 36.3 Å². The monoisotopic (exact) mass is 384 g/mol. The Bertz CT molecular complexity index is 1030. The number of rotatable bonds is 6. The molecule has 1 heterocycles. The molecule has 140 valence electrons. The zero-order chi connectivity index (χ0) is 19.4. The standard InChI is InChI=1S/C21H21ClN2O3/c1-14-6-5-7-15-12-16(20(25)23-19(14)15)13-24(10-11-27-2)21(26)17-8-3-4-9-18(17)22/h3-9,12H,10-11,13H2,1-2H3,(H,23,25). The molecule has 1 amide bonds. The van der Waals surface area contributed by atoms with E-state index in [0.29, 0.717) is 29.3 Å². The molecule has 3 aromatic rings. The molecular formula is C21H21ClN2O3. The van der Waals surface area contributed by atoms with E-state index in [1.165, 1.54) is 0 Å². The average Bonchev–Trinajstić information content (AvgIpc) is 2.66. The van der Waals surface area contributed by atoms with Crippen LogP contribution in [0.25, 0.3) is 10.9 Å². The van der Waals surface area contributed by atoms with Gasteiger partial charge in [0.15, 0.2) is 0 Å². The molecule has 6 heteroatoms. The second kappa shape index (κ2) is 8.37. The van der Waals surface area contributed by atoms with E-state index < -0.39 is 0 Å². The van der Waals surface area contributed by atoms with E-state index in [0.717, 1.165) is 16.5 Å². The fourth-order valence-corrected chi connectivity index (χ4v) is 3.23. The van der Waals surface area contributed by atoms with Crippen molar-refractivity contribution in [3.8, 4) is 0 Å². The SMILES string of the molecule is COCCN(Cc1cc2cccc(C)c2[nH]c1=O)C(=O)c1ccccc1Cl. The number of halogens is 1. The molecule has 0 bridgehead atoms. The quantitative estimate of drug-likeness (QED) is 0.703. The minimum atomic E-state index is -0.235. The lowest BCUT2D eigenvalue weighted by Crippen LogP contribution is -2.35. The number of nitrogens with one attached hydrogen (secondary N) is 1. The minimum absolute atomic E-state index is 0.173. The van der Waals surface area contributed by atoms with Gasteiger partial charge < -0.3 is 14.6 Å². The highest BCUT2D eigenvalue weighted by Gasteiger charge is 2.20. The molecular weight excluding hydrogens is 364 g/mol. The summed E-state index contributed by atoms with van der Waals surface area (Å²) in [5.41, 5.74) is 2.53. The van der Waals surface area contributed by atoms with Gasteiger partial charge in [-0.15, -0.1) is 0 Å². The van der Waals surface area contributed by atoms with Crippen molar-refractivity contribution < 1.29 is 9.53 Å². The summed E-state index contributed by atoms with van der Waals surface area (Å²) in [6.45, 7) is 2.84. The second-order valence-corrected chi connectivity index (χ2v) is 6.77. The van der Waals surface area contributed by atoms with Crippen LogP contribution in [0.5, 0.6) is 0 Å². The molecule has 2 aromatic carbocycles. The Morgan fingerprint density at radius 3 is 2.70 bits per heavy atom. The minimum Gasteiger partial charge on any atom is -0.383 e. The molecule has 0 atom stereocenters. The highest BCUT2D eigenvalue weighted by Crippen LogP contribution is 2.19. The van der Waals surface area contributed by atoms with Crippen molar-refractivity contribution >= 4 is 28.4 Å². The van der Waals surface area contributed by atoms with Gasteiger partial charge in [-0.3, -0.25) is 9.59 Å². The first-order chi connectivity index (χ1) is 13.0. The number of aryl methyl sites for hydroxylation is 1. The van der Waals surface area contributed by atoms with Gasteiger partial charge in [-0.25, -0.2) is 0 Å². The van der Waals surface area contributed by atoms with Crippen LogP contribution in [0.4, 0.5) is 0 Å². The van der Waals surface area contributed by atoms with Crippen LogP contribution in [0.2, 0.25) is 5.02 Å². The predicted molar refractivity (Wildman–Crippen MR) is 107 cm³/mol. The predicted octanol–water partition coefficient (Wildman–Crippen LogP) is 3.78. The number of carbonyl (C=O) groups excluding carboxylic acids is 1. The van der Waals surface area contributed by atoms with Gasteiger partial charge in [-0.1, -0.05) is 41.9 Å². The number of methoxy groups -OCH3 is 1. The van der Waals surface area contributed by atoms with Crippen molar-refractivity contribution in [2.24, 2.45) is 0 Å². The maximum Gasteiger partial charge on any atom is 0.255 e. The molecule has 0 fully saturated rings. The van der Waals surface area contributed by atoms with Crippen molar-refractivity contribution in [3.63, 3.8) is 0 Å². The van der Waals surface area contributed by atoms with Crippen molar-refractivity contribution in [2.45, 2.75) is 13.5 Å². The topological polar surface area (TPSA) is 62.4 Å². The summed E-state index contributed by atoms with van der Waals surface area (Å²) in [5, 5.41) is 1.31. The first-order valence-electron chi connectivity index (χ1n) is 8.65. The lowest BCUT2D eigenvalue weighted by atomic mass is 10.1. The molecule has 0 spiro atoms. The summed E-state index contributed by atoms with van der Waals surface area (Å²) >= 11 is 6.18. The first-order valence-corrected chi connectivity index (χ1v) is 9.03. The van der Waals surface area contributed by atoms with Crippen LogP contribution in [0, 0.1) is 6.92 Å². The van der Waals surface area contributed by atoms with E-state index in [4.69, 9.17) is 16.3 Å². The normalized spacial score (nSPS) is 10.9. The molecule has 0 aliphatic heterocycles. The number of para-hydroxylation sites is 1. The summed E-state index contributed by atoms with van der Waals surface area (Å²) in [6, 6.07) is 14.6. The zero-order valence-corrected chi connectivity index (χ0v) is 16.0. The second-order valence-electron chi connectivity index (χ2n) is 6.36. The number of amides is 1. The average molecular weight is 385 g/mol. The Hall–Kier alpha value is -2.63. The number of hydrogen-bond donors (Lipinski definition) is 1. The third kappa shape index (κ3) is 4.21. The molecule has 0 radical (unpaired) electrons. The highest BCUT2D eigenvalue weighted by molar-refractivity contribution is 6.33. The lowest BCUT2D eigenvalue weighted by molar-refractivity contribution is 0.0680. The number of benzene rings is 2. The molecule has 0 aliphatic rings. The zero-order valence-electron chi connectivity index (χ0n) is 15.3. The maximum absolute atomic E-state index is 13.0. The number of ether oxygens (including phenoxy) is 1. The van der Waals surface area contributed by atoms with Gasteiger partial charge in [0.2, 0.25) is 0 Å². The third-order valence-corrected chi connectivity index (χ3v) is 4.81. The van der Waals surface area contributed by atoms with E-state index in [1.807, 2.05) is 31.2 Å². The van der Waals surface area contributed by atoms with Crippen LogP contribution in [0.15, 0.2) is 53.3 Å². The van der Waals surface area contributed by atoms with Crippen molar-refractivity contribution in [3.05, 3.63) is 80.6 Å². The molecule has 5 nitrogen and oxygen atoms in total. The Balaban J connectivity index is 1.96.